The van der Waals surface area contributed by atoms with Crippen LogP contribution in [0, 0.1) is 0 Å². The van der Waals surface area contributed by atoms with Gasteiger partial charge in [-0.15, -0.1) is 11.3 Å². The third-order valence-corrected chi connectivity index (χ3v) is 9.54. The molecule has 10 heteroatoms. The number of nitrogens with zero attached hydrogens (tertiary/aromatic N) is 2. The normalized spacial score (nSPS) is 19.0. The highest BCUT2D eigenvalue weighted by molar-refractivity contribution is 7.93. The molecular weight excluding hydrogens is 530 g/mol. The van der Waals surface area contributed by atoms with E-state index >= 15 is 0 Å². The number of hydrogen-bond donors (Lipinski definition) is 1. The molecule has 2 heterocycles. The number of hydrogen-bond acceptors (Lipinski definition) is 7. The van der Waals surface area contributed by atoms with Crippen molar-refractivity contribution < 1.29 is 19.4 Å². The van der Waals surface area contributed by atoms with Crippen LogP contribution in [0.5, 0.6) is 0 Å². The van der Waals surface area contributed by atoms with E-state index in [1.165, 1.54) is 11.3 Å². The number of sulfonamides is 1. The molecule has 198 valence electrons. The van der Waals surface area contributed by atoms with Gasteiger partial charge in [0.05, 0.1) is 10.8 Å². The van der Waals surface area contributed by atoms with Crippen molar-refractivity contribution in [2.24, 2.45) is 0 Å². The Morgan fingerprint density at radius 1 is 1.19 bits per heavy atom. The third kappa shape index (κ3) is 5.35. The first kappa shape index (κ1) is 26.0. The first-order valence-electron chi connectivity index (χ1n) is 12.3. The van der Waals surface area contributed by atoms with Gasteiger partial charge in [0.25, 0.3) is 10.0 Å². The van der Waals surface area contributed by atoms with Crippen LogP contribution in [0.2, 0.25) is 5.02 Å². The number of carbonyl (C=O) groups is 1. The lowest BCUT2D eigenvalue weighted by atomic mass is 9.73. The van der Waals surface area contributed by atoms with Crippen LogP contribution >= 0.6 is 22.9 Å². The summed E-state index contributed by atoms with van der Waals surface area (Å²) >= 11 is 7.63. The van der Waals surface area contributed by atoms with Crippen molar-refractivity contribution in [3.8, 4) is 0 Å². The largest absolute Gasteiger partial charge is 0.459 e. The SMILES string of the molecule is CC(C)(C)OC(=O)C1CC2(CCN(c3ccc(S(=O)(=O)Nc4nccs4)cc3)CC2)c2cc(Cl)ccc21.[HH]. The lowest BCUT2D eigenvalue weighted by Gasteiger charge is -2.41. The number of aromatic nitrogens is 1. The van der Waals surface area contributed by atoms with E-state index in [1.807, 2.05) is 51.1 Å². The van der Waals surface area contributed by atoms with Crippen molar-refractivity contribution in [2.75, 3.05) is 22.7 Å². The zero-order valence-corrected chi connectivity index (χ0v) is 23.4. The van der Waals surface area contributed by atoms with Crippen LogP contribution in [0.15, 0.2) is 58.9 Å². The van der Waals surface area contributed by atoms with Crippen molar-refractivity contribution in [1.82, 2.24) is 4.98 Å². The standard InChI is InChI=1S/C27H30ClN3O4S2.H2/c1-26(2,3)35-24(32)22-17-27(23-16-18(28)4-9-21(22)23)10-13-31(14-11-27)19-5-7-20(8-6-19)37(33,34)30-25-29-12-15-36-25;/h4-9,12,15-16,22H,10-11,13-14,17H2,1-3H3,(H,29,30);1H. The number of rotatable bonds is 5. The fourth-order valence-corrected chi connectivity index (χ4v) is 7.40. The van der Waals surface area contributed by atoms with E-state index in [9.17, 15) is 13.2 Å². The molecule has 1 spiro atoms. The quantitative estimate of drug-likeness (QED) is 0.372. The molecule has 2 aromatic carbocycles. The predicted octanol–water partition coefficient (Wildman–Crippen LogP) is 6.21. The highest BCUT2D eigenvalue weighted by Crippen LogP contribution is 2.53. The zero-order chi connectivity index (χ0) is 26.4. The number of nitrogens with one attached hydrogen (secondary N) is 1. The van der Waals surface area contributed by atoms with Crippen molar-refractivity contribution in [2.45, 2.75) is 61.9 Å². The number of thiazole rings is 1. The van der Waals surface area contributed by atoms with Gasteiger partial charge in [0.1, 0.15) is 5.60 Å². The molecule has 1 aliphatic carbocycles. The molecule has 37 heavy (non-hydrogen) atoms. The molecule has 1 saturated heterocycles. The summed E-state index contributed by atoms with van der Waals surface area (Å²) in [7, 11) is -3.69. The van der Waals surface area contributed by atoms with Gasteiger partial charge in [0.15, 0.2) is 5.13 Å². The van der Waals surface area contributed by atoms with Crippen LogP contribution in [0.1, 0.15) is 58.5 Å². The minimum atomic E-state index is -3.69. The summed E-state index contributed by atoms with van der Waals surface area (Å²) in [4.78, 5) is 19.6. The number of fused-ring (bicyclic) bond motifs is 2. The summed E-state index contributed by atoms with van der Waals surface area (Å²) in [5.74, 6) is -0.480. The van der Waals surface area contributed by atoms with Gasteiger partial charge in [-0.05, 0) is 87.6 Å². The van der Waals surface area contributed by atoms with Gasteiger partial charge >= 0.3 is 5.97 Å². The second kappa shape index (κ2) is 9.60. The number of benzene rings is 2. The average Bonchev–Trinajstić information content (AvgIpc) is 3.45. The van der Waals surface area contributed by atoms with Crippen LogP contribution in [-0.4, -0.2) is 38.1 Å². The average molecular weight is 562 g/mol. The summed E-state index contributed by atoms with van der Waals surface area (Å²) in [6, 6.07) is 12.8. The monoisotopic (exact) mass is 561 g/mol. The van der Waals surface area contributed by atoms with E-state index in [-0.39, 0.29) is 23.6 Å². The topological polar surface area (TPSA) is 88.6 Å². The highest BCUT2D eigenvalue weighted by atomic mass is 35.5. The summed E-state index contributed by atoms with van der Waals surface area (Å²) in [6.45, 7) is 7.25. The minimum absolute atomic E-state index is 0. The van der Waals surface area contributed by atoms with Crippen LogP contribution in [0.25, 0.3) is 0 Å². The Balaban J connectivity index is 0.00000336. The fourth-order valence-electron chi connectivity index (χ4n) is 5.44. The zero-order valence-electron chi connectivity index (χ0n) is 21.0. The molecule has 0 amide bonds. The van der Waals surface area contributed by atoms with Crippen LogP contribution in [0.4, 0.5) is 10.8 Å². The Morgan fingerprint density at radius 3 is 2.51 bits per heavy atom. The smallest absolute Gasteiger partial charge is 0.313 e. The second-order valence-electron chi connectivity index (χ2n) is 10.7. The highest BCUT2D eigenvalue weighted by Gasteiger charge is 2.48. The van der Waals surface area contributed by atoms with Crippen LogP contribution < -0.4 is 9.62 Å². The molecule has 2 aliphatic rings. The number of esters is 1. The molecule has 0 bridgehead atoms. The van der Waals surface area contributed by atoms with E-state index in [0.29, 0.717) is 16.6 Å². The first-order chi connectivity index (χ1) is 17.5. The summed E-state index contributed by atoms with van der Waals surface area (Å²) in [6.07, 6.45) is 4.00. The molecule has 1 aliphatic heterocycles. The Hall–Kier alpha value is -2.62. The van der Waals surface area contributed by atoms with Crippen LogP contribution in [0.3, 0.4) is 0 Å². The van der Waals surface area contributed by atoms with Gasteiger partial charge in [0.2, 0.25) is 0 Å². The molecule has 1 unspecified atom stereocenters. The van der Waals surface area contributed by atoms with Gasteiger partial charge in [-0.2, -0.15) is 0 Å². The van der Waals surface area contributed by atoms with Gasteiger partial charge in [-0.1, -0.05) is 17.7 Å². The first-order valence-corrected chi connectivity index (χ1v) is 15.0. The fraction of sp³-hybridized carbons (Fsp3) is 0.407. The maximum absolute atomic E-state index is 13.1. The molecule has 0 radical (unpaired) electrons. The molecule has 0 saturated carbocycles. The van der Waals surface area contributed by atoms with E-state index in [4.69, 9.17) is 16.3 Å². The molecule has 3 aromatic rings. The van der Waals surface area contributed by atoms with Crippen molar-refractivity contribution in [1.29, 1.82) is 0 Å². The van der Waals surface area contributed by atoms with Crippen molar-refractivity contribution in [3.63, 3.8) is 0 Å². The lowest BCUT2D eigenvalue weighted by Crippen LogP contribution is -2.42. The molecule has 7 nitrogen and oxygen atoms in total. The third-order valence-electron chi connectivity index (χ3n) is 7.13. The predicted molar refractivity (Wildman–Crippen MR) is 149 cm³/mol. The molecular formula is C27H32ClN3O4S2. The number of carbonyl (C=O) groups excluding carboxylic acids is 1. The van der Waals surface area contributed by atoms with Gasteiger partial charge in [0, 0.05) is 42.2 Å². The number of halogens is 1. The van der Waals surface area contributed by atoms with Crippen molar-refractivity contribution >= 4 is 49.7 Å². The summed E-state index contributed by atoms with van der Waals surface area (Å²) in [5.41, 5.74) is 2.47. The maximum atomic E-state index is 13.1. The van der Waals surface area contributed by atoms with Crippen LogP contribution in [-0.2, 0) is 25.0 Å². The molecule has 1 fully saturated rings. The lowest BCUT2D eigenvalue weighted by molar-refractivity contribution is -0.157. The Labute approximate surface area is 228 Å². The molecule has 1 atom stereocenters. The Morgan fingerprint density at radius 2 is 1.89 bits per heavy atom. The molecule has 1 aromatic heterocycles. The van der Waals surface area contributed by atoms with E-state index in [0.717, 1.165) is 42.7 Å². The molecule has 5 rings (SSSR count). The number of ether oxygens (including phenoxy) is 1. The van der Waals surface area contributed by atoms with Gasteiger partial charge < -0.3 is 9.64 Å². The Bertz CT molecular complexity index is 1400. The summed E-state index contributed by atoms with van der Waals surface area (Å²) in [5, 5.41) is 2.73. The van der Waals surface area contributed by atoms with Gasteiger partial charge in [-0.3, -0.25) is 9.52 Å². The van der Waals surface area contributed by atoms with E-state index in [2.05, 4.69) is 14.6 Å². The van der Waals surface area contributed by atoms with Gasteiger partial charge in [-0.25, -0.2) is 13.4 Å². The summed E-state index contributed by atoms with van der Waals surface area (Å²) < 4.78 is 33.6. The number of piperidine rings is 1. The second-order valence-corrected chi connectivity index (χ2v) is 13.7. The molecule has 1 N–H and O–H groups in total. The minimum Gasteiger partial charge on any atom is -0.459 e. The van der Waals surface area contributed by atoms with E-state index in [1.54, 1.807) is 23.7 Å². The van der Waals surface area contributed by atoms with E-state index < -0.39 is 15.6 Å². The Kier molecular flexibility index (Phi) is 6.75. The maximum Gasteiger partial charge on any atom is 0.313 e. The van der Waals surface area contributed by atoms with Crippen molar-refractivity contribution in [3.05, 3.63) is 70.2 Å². The number of anilines is 2.